The zero-order valence-corrected chi connectivity index (χ0v) is 19.3. The van der Waals surface area contributed by atoms with Crippen LogP contribution in [0.1, 0.15) is 19.3 Å². The predicted molar refractivity (Wildman–Crippen MR) is 125 cm³/mol. The van der Waals surface area contributed by atoms with E-state index in [1.165, 1.54) is 11.0 Å². The Balaban J connectivity index is 1.42. The number of carbonyl (C=O) groups is 3. The van der Waals surface area contributed by atoms with E-state index in [1.807, 2.05) is 0 Å². The van der Waals surface area contributed by atoms with Crippen LogP contribution in [0.25, 0.3) is 0 Å². The molecule has 4 rings (SSSR count). The van der Waals surface area contributed by atoms with Crippen LogP contribution in [0.3, 0.4) is 0 Å². The van der Waals surface area contributed by atoms with Gasteiger partial charge in [0.25, 0.3) is 11.8 Å². The minimum absolute atomic E-state index is 0.0647. The Labute approximate surface area is 201 Å². The molecule has 2 aromatic carbocycles. The van der Waals surface area contributed by atoms with E-state index in [2.05, 4.69) is 5.32 Å². The highest BCUT2D eigenvalue weighted by atomic mass is 35.5. The average Bonchev–Trinajstić information content (AvgIpc) is 2.81. The van der Waals surface area contributed by atoms with Gasteiger partial charge in [-0.3, -0.25) is 19.3 Å². The highest BCUT2D eigenvalue weighted by molar-refractivity contribution is 6.35. The third-order valence-electron chi connectivity index (χ3n) is 5.44. The lowest BCUT2D eigenvalue weighted by Crippen LogP contribution is -2.47. The van der Waals surface area contributed by atoms with Crippen LogP contribution in [0.15, 0.2) is 36.4 Å². The number of rotatable bonds is 6. The minimum atomic E-state index is -0.417. The molecule has 2 aliphatic rings. The van der Waals surface area contributed by atoms with E-state index in [0.717, 1.165) is 19.3 Å². The first-order chi connectivity index (χ1) is 15.9. The Bertz CT molecular complexity index is 1070. The van der Waals surface area contributed by atoms with Gasteiger partial charge < -0.3 is 19.7 Å². The van der Waals surface area contributed by atoms with E-state index >= 15 is 0 Å². The van der Waals surface area contributed by atoms with Gasteiger partial charge in [0, 0.05) is 23.8 Å². The Morgan fingerprint density at radius 3 is 2.61 bits per heavy atom. The molecule has 0 unspecified atom stereocenters. The fourth-order valence-corrected chi connectivity index (χ4v) is 4.23. The molecule has 0 saturated carbocycles. The van der Waals surface area contributed by atoms with Crippen molar-refractivity contribution < 1.29 is 23.9 Å². The van der Waals surface area contributed by atoms with Gasteiger partial charge in [0.05, 0.1) is 10.7 Å². The summed E-state index contributed by atoms with van der Waals surface area (Å²) in [6.07, 6.45) is 3.05. The van der Waals surface area contributed by atoms with E-state index < -0.39 is 5.91 Å². The lowest BCUT2D eigenvalue weighted by Gasteiger charge is -2.33. The lowest BCUT2D eigenvalue weighted by atomic mass is 10.1. The first kappa shape index (κ1) is 23.2. The number of benzene rings is 2. The summed E-state index contributed by atoms with van der Waals surface area (Å²) in [5.41, 5.74) is 0.884. The fourth-order valence-electron chi connectivity index (χ4n) is 3.76. The maximum Gasteiger partial charge on any atom is 0.265 e. The first-order valence-corrected chi connectivity index (χ1v) is 11.4. The van der Waals surface area contributed by atoms with Crippen molar-refractivity contribution in [3.8, 4) is 11.5 Å². The molecule has 1 fully saturated rings. The molecule has 174 valence electrons. The number of anilines is 2. The van der Waals surface area contributed by atoms with Gasteiger partial charge in [0.2, 0.25) is 5.91 Å². The van der Waals surface area contributed by atoms with Gasteiger partial charge in [-0.25, -0.2) is 0 Å². The molecule has 2 heterocycles. The first-order valence-electron chi connectivity index (χ1n) is 10.6. The van der Waals surface area contributed by atoms with Gasteiger partial charge in [-0.1, -0.05) is 23.2 Å². The summed E-state index contributed by atoms with van der Waals surface area (Å²) >= 11 is 11.9. The second-order valence-corrected chi connectivity index (χ2v) is 8.65. The average molecular weight is 492 g/mol. The molecule has 0 bridgehead atoms. The van der Waals surface area contributed by atoms with Gasteiger partial charge in [-0.05, 0) is 55.7 Å². The summed E-state index contributed by atoms with van der Waals surface area (Å²) in [5, 5.41) is 3.49. The fraction of sp³-hybridized carbons (Fsp3) is 0.348. The summed E-state index contributed by atoms with van der Waals surface area (Å²) in [7, 11) is 0. The van der Waals surface area contributed by atoms with Crippen molar-refractivity contribution in [3.63, 3.8) is 0 Å². The van der Waals surface area contributed by atoms with Gasteiger partial charge in [-0.15, -0.1) is 0 Å². The van der Waals surface area contributed by atoms with E-state index in [1.54, 1.807) is 35.2 Å². The van der Waals surface area contributed by atoms with Gasteiger partial charge in [0.15, 0.2) is 13.2 Å². The minimum Gasteiger partial charge on any atom is -0.482 e. The predicted octanol–water partition coefficient (Wildman–Crippen LogP) is 3.75. The maximum absolute atomic E-state index is 12.7. The number of piperidine rings is 1. The summed E-state index contributed by atoms with van der Waals surface area (Å²) in [6.45, 7) is 0.938. The van der Waals surface area contributed by atoms with Crippen molar-refractivity contribution >= 4 is 52.3 Å². The van der Waals surface area contributed by atoms with Gasteiger partial charge in [0.1, 0.15) is 18.0 Å². The molecule has 0 spiro atoms. The van der Waals surface area contributed by atoms with Crippen LogP contribution in [0.2, 0.25) is 10.0 Å². The van der Waals surface area contributed by atoms with Crippen LogP contribution in [0, 0.1) is 0 Å². The third kappa shape index (κ3) is 5.69. The molecular formula is C23H23Cl2N3O5. The highest BCUT2D eigenvalue weighted by Crippen LogP contribution is 2.35. The molecule has 10 heteroatoms. The maximum atomic E-state index is 12.7. The number of amides is 3. The quantitative estimate of drug-likeness (QED) is 0.664. The Kier molecular flexibility index (Phi) is 7.25. The van der Waals surface area contributed by atoms with Crippen molar-refractivity contribution in [1.29, 1.82) is 0 Å². The zero-order valence-electron chi connectivity index (χ0n) is 17.8. The zero-order chi connectivity index (χ0) is 23.4. The number of nitrogens with zero attached hydrogens (tertiary/aromatic N) is 2. The molecule has 1 N–H and O–H groups in total. The smallest absolute Gasteiger partial charge is 0.265 e. The standard InChI is InChI=1S/C23H23Cl2N3O5/c24-15-4-6-19(17(25)10-15)32-13-21(29)26-16-5-7-20-18(11-16)28(23(31)14-33-20)12-22(30)27-8-2-1-3-9-27/h4-7,10-11H,1-3,8-9,12-14H2,(H,26,29). The van der Waals surface area contributed by atoms with Crippen molar-refractivity contribution in [2.75, 3.05) is 43.1 Å². The second-order valence-electron chi connectivity index (χ2n) is 7.80. The molecular weight excluding hydrogens is 469 g/mol. The molecule has 3 amide bonds. The second kappa shape index (κ2) is 10.3. The van der Waals surface area contributed by atoms with Gasteiger partial charge in [-0.2, -0.15) is 0 Å². The molecule has 0 aromatic heterocycles. The number of fused-ring (bicyclic) bond motifs is 1. The van der Waals surface area contributed by atoms with Crippen LogP contribution >= 0.6 is 23.2 Å². The van der Waals surface area contributed by atoms with Crippen molar-refractivity contribution in [2.24, 2.45) is 0 Å². The summed E-state index contributed by atoms with van der Waals surface area (Å²) in [5.74, 6) is -0.0121. The van der Waals surface area contributed by atoms with Crippen molar-refractivity contribution in [2.45, 2.75) is 19.3 Å². The normalized spacial score (nSPS) is 15.5. The molecule has 0 radical (unpaired) electrons. The van der Waals surface area contributed by atoms with E-state index in [-0.39, 0.29) is 31.6 Å². The van der Waals surface area contributed by atoms with Crippen LogP contribution in [0.4, 0.5) is 11.4 Å². The Morgan fingerprint density at radius 2 is 1.85 bits per heavy atom. The Hall–Kier alpha value is -2.97. The molecule has 2 aliphatic heterocycles. The Morgan fingerprint density at radius 1 is 1.06 bits per heavy atom. The van der Waals surface area contributed by atoms with Crippen molar-refractivity contribution in [3.05, 3.63) is 46.4 Å². The van der Waals surface area contributed by atoms with Crippen LogP contribution in [-0.4, -0.2) is 55.5 Å². The largest absolute Gasteiger partial charge is 0.482 e. The van der Waals surface area contributed by atoms with E-state index in [0.29, 0.717) is 46.0 Å². The summed E-state index contributed by atoms with van der Waals surface area (Å²) in [4.78, 5) is 40.8. The van der Waals surface area contributed by atoms with Crippen LogP contribution in [0.5, 0.6) is 11.5 Å². The van der Waals surface area contributed by atoms with Crippen molar-refractivity contribution in [1.82, 2.24) is 4.90 Å². The number of likely N-dealkylation sites (tertiary alicyclic amines) is 1. The molecule has 0 aliphatic carbocycles. The topological polar surface area (TPSA) is 88.2 Å². The lowest BCUT2D eigenvalue weighted by molar-refractivity contribution is -0.132. The monoisotopic (exact) mass is 491 g/mol. The molecule has 1 saturated heterocycles. The molecule has 2 aromatic rings. The van der Waals surface area contributed by atoms with Crippen LogP contribution < -0.4 is 19.7 Å². The summed E-state index contributed by atoms with van der Waals surface area (Å²) < 4.78 is 11.0. The number of hydrogen-bond acceptors (Lipinski definition) is 5. The number of ether oxygens (including phenoxy) is 2. The molecule has 33 heavy (non-hydrogen) atoms. The van der Waals surface area contributed by atoms with E-state index in [9.17, 15) is 14.4 Å². The number of halogens is 2. The number of carbonyl (C=O) groups excluding carboxylic acids is 3. The number of hydrogen-bond donors (Lipinski definition) is 1. The van der Waals surface area contributed by atoms with Crippen LogP contribution in [-0.2, 0) is 14.4 Å². The third-order valence-corrected chi connectivity index (χ3v) is 5.97. The van der Waals surface area contributed by atoms with Gasteiger partial charge >= 0.3 is 0 Å². The molecule has 0 atom stereocenters. The summed E-state index contributed by atoms with van der Waals surface area (Å²) in [6, 6.07) is 9.65. The SMILES string of the molecule is O=C(COc1ccc(Cl)cc1Cl)Nc1ccc2c(c1)N(CC(=O)N1CCCCC1)C(=O)CO2. The molecule has 8 nitrogen and oxygen atoms in total. The highest BCUT2D eigenvalue weighted by Gasteiger charge is 2.29. The number of nitrogens with one attached hydrogen (secondary N) is 1. The van der Waals surface area contributed by atoms with E-state index in [4.69, 9.17) is 32.7 Å².